The van der Waals surface area contributed by atoms with Crippen LogP contribution in [0.25, 0.3) is 0 Å². The van der Waals surface area contributed by atoms with Gasteiger partial charge in [0.1, 0.15) is 0 Å². The van der Waals surface area contributed by atoms with E-state index in [1.165, 1.54) is 0 Å². The Kier molecular flexibility index (Phi) is 0.986. The normalized spacial score (nSPS) is 43.7. The maximum atomic E-state index is 11.4. The molecule has 1 aliphatic heterocycles. The number of carbonyl (C=O) groups is 1. The van der Waals surface area contributed by atoms with E-state index in [0.717, 1.165) is 0 Å². The van der Waals surface area contributed by atoms with E-state index in [9.17, 15) is 4.79 Å². The summed E-state index contributed by atoms with van der Waals surface area (Å²) >= 11 is 0. The first-order chi connectivity index (χ1) is 6.66. The SMILES string of the molecule is [2H]C([2H])([2H])C([2H])([2H])C1CCC(C)OC1=O. The Morgan fingerprint density at radius 2 is 2.70 bits per heavy atom. The number of carbonyl (C=O) groups excluding carboxylic acids is 1. The molecular formula is C8H14O2. The van der Waals surface area contributed by atoms with Crippen LogP contribution in [0.5, 0.6) is 0 Å². The van der Waals surface area contributed by atoms with Crippen molar-refractivity contribution in [3.8, 4) is 0 Å². The highest BCUT2D eigenvalue weighted by atomic mass is 16.5. The lowest BCUT2D eigenvalue weighted by atomic mass is 9.96. The number of cyclic esters (lactones) is 1. The largest absolute Gasteiger partial charge is 0.462 e. The number of hydrogen-bond donors (Lipinski definition) is 0. The lowest BCUT2D eigenvalue weighted by molar-refractivity contribution is -0.159. The molecule has 2 unspecified atom stereocenters. The lowest BCUT2D eigenvalue weighted by Gasteiger charge is -2.24. The molecule has 0 aliphatic carbocycles. The van der Waals surface area contributed by atoms with Crippen LogP contribution in [0.4, 0.5) is 0 Å². The molecule has 0 amide bonds. The van der Waals surface area contributed by atoms with Crippen LogP contribution in [0.1, 0.15) is 39.8 Å². The van der Waals surface area contributed by atoms with Gasteiger partial charge in [0.2, 0.25) is 0 Å². The second-order valence-corrected chi connectivity index (χ2v) is 2.52. The molecule has 0 bridgehead atoms. The van der Waals surface area contributed by atoms with Crippen molar-refractivity contribution >= 4 is 5.97 Å². The highest BCUT2D eigenvalue weighted by molar-refractivity contribution is 5.73. The quantitative estimate of drug-likeness (QED) is 0.528. The summed E-state index contributed by atoms with van der Waals surface area (Å²) in [4.78, 5) is 11.4. The van der Waals surface area contributed by atoms with E-state index >= 15 is 0 Å². The summed E-state index contributed by atoms with van der Waals surface area (Å²) < 4.78 is 41.0. The predicted molar refractivity (Wildman–Crippen MR) is 38.6 cm³/mol. The zero-order chi connectivity index (χ0) is 11.9. The first-order valence-corrected chi connectivity index (χ1v) is 3.37. The molecular weight excluding hydrogens is 128 g/mol. The molecule has 1 saturated heterocycles. The van der Waals surface area contributed by atoms with Gasteiger partial charge in [-0.3, -0.25) is 4.79 Å². The van der Waals surface area contributed by atoms with Crippen molar-refractivity contribution in [2.45, 2.75) is 39.1 Å². The molecule has 1 fully saturated rings. The Bertz CT molecular complexity index is 260. The molecule has 0 aromatic heterocycles. The molecule has 58 valence electrons. The Morgan fingerprint density at radius 1 is 1.90 bits per heavy atom. The van der Waals surface area contributed by atoms with Gasteiger partial charge in [-0.25, -0.2) is 0 Å². The zero-order valence-corrected chi connectivity index (χ0v) is 5.89. The van der Waals surface area contributed by atoms with E-state index in [-0.39, 0.29) is 12.5 Å². The van der Waals surface area contributed by atoms with Gasteiger partial charge in [-0.15, -0.1) is 0 Å². The van der Waals surface area contributed by atoms with Gasteiger partial charge in [-0.05, 0) is 26.1 Å². The Morgan fingerprint density at radius 3 is 3.30 bits per heavy atom. The van der Waals surface area contributed by atoms with Crippen LogP contribution in [0.2, 0.25) is 0 Å². The van der Waals surface area contributed by atoms with Crippen LogP contribution in [0, 0.1) is 5.92 Å². The van der Waals surface area contributed by atoms with E-state index in [1.807, 2.05) is 0 Å². The molecule has 2 atom stereocenters. The molecule has 0 aromatic rings. The molecule has 1 aliphatic rings. The van der Waals surface area contributed by atoms with Gasteiger partial charge in [0.05, 0.1) is 12.0 Å². The molecule has 0 aromatic carbocycles. The zero-order valence-electron chi connectivity index (χ0n) is 10.9. The molecule has 0 spiro atoms. The number of esters is 1. The Hall–Kier alpha value is -0.530. The van der Waals surface area contributed by atoms with Crippen LogP contribution < -0.4 is 0 Å². The van der Waals surface area contributed by atoms with Crippen LogP contribution >= 0.6 is 0 Å². The minimum atomic E-state index is -2.79. The second-order valence-electron chi connectivity index (χ2n) is 2.52. The van der Waals surface area contributed by atoms with E-state index in [2.05, 4.69) is 0 Å². The highest BCUT2D eigenvalue weighted by Gasteiger charge is 2.25. The van der Waals surface area contributed by atoms with Gasteiger partial charge in [-0.1, -0.05) is 6.85 Å². The van der Waals surface area contributed by atoms with E-state index in [1.54, 1.807) is 6.92 Å². The van der Waals surface area contributed by atoms with Crippen molar-refractivity contribution in [2.75, 3.05) is 0 Å². The summed E-state index contributed by atoms with van der Waals surface area (Å²) in [5.74, 6) is -1.92. The Balaban J connectivity index is 2.84. The molecule has 0 radical (unpaired) electrons. The van der Waals surface area contributed by atoms with Crippen molar-refractivity contribution < 1.29 is 16.4 Å². The third-order valence-corrected chi connectivity index (χ3v) is 1.64. The van der Waals surface area contributed by atoms with Gasteiger partial charge in [0.25, 0.3) is 0 Å². The fourth-order valence-corrected chi connectivity index (χ4v) is 0.990. The summed E-state index contributed by atoms with van der Waals surface area (Å²) in [6.45, 7) is -1.09. The van der Waals surface area contributed by atoms with Crippen LogP contribution in [-0.4, -0.2) is 12.1 Å². The smallest absolute Gasteiger partial charge is 0.309 e. The third-order valence-electron chi connectivity index (χ3n) is 1.64. The van der Waals surface area contributed by atoms with Crippen molar-refractivity contribution in [1.82, 2.24) is 0 Å². The molecule has 10 heavy (non-hydrogen) atoms. The lowest BCUT2D eigenvalue weighted by Crippen LogP contribution is -2.28. The van der Waals surface area contributed by atoms with Gasteiger partial charge >= 0.3 is 5.97 Å². The Labute approximate surface area is 68.6 Å². The summed E-state index contributed by atoms with van der Waals surface area (Å²) in [7, 11) is 0. The molecule has 1 heterocycles. The number of hydrogen-bond acceptors (Lipinski definition) is 2. The summed E-state index contributed by atoms with van der Waals surface area (Å²) in [6, 6.07) is 0. The maximum absolute atomic E-state index is 11.4. The van der Waals surface area contributed by atoms with Crippen molar-refractivity contribution in [1.29, 1.82) is 0 Å². The maximum Gasteiger partial charge on any atom is 0.309 e. The summed E-state index contributed by atoms with van der Waals surface area (Å²) in [6.07, 6.45) is -2.03. The minimum absolute atomic E-state index is 0.228. The summed E-state index contributed by atoms with van der Waals surface area (Å²) in [5.41, 5.74) is 0. The fourth-order valence-electron chi connectivity index (χ4n) is 0.990. The molecule has 1 rings (SSSR count). The third kappa shape index (κ3) is 1.49. The van der Waals surface area contributed by atoms with Gasteiger partial charge in [0, 0.05) is 6.85 Å². The predicted octanol–water partition coefficient (Wildman–Crippen LogP) is 1.74. The van der Waals surface area contributed by atoms with Gasteiger partial charge < -0.3 is 4.74 Å². The fraction of sp³-hybridized carbons (Fsp3) is 0.875. The minimum Gasteiger partial charge on any atom is -0.462 e. The standard InChI is InChI=1S/C8H14O2/c1-3-7-5-4-6(2)10-8(7)9/h6-7H,3-5H2,1-2H3/i1D3,3D2. The van der Waals surface area contributed by atoms with E-state index in [0.29, 0.717) is 6.42 Å². The molecule has 2 heteroatoms. The first kappa shape index (κ1) is 3.24. The van der Waals surface area contributed by atoms with Crippen molar-refractivity contribution in [2.24, 2.45) is 5.92 Å². The van der Waals surface area contributed by atoms with Crippen molar-refractivity contribution in [3.63, 3.8) is 0 Å². The number of rotatable bonds is 1. The topological polar surface area (TPSA) is 26.3 Å². The molecule has 0 N–H and O–H groups in total. The van der Waals surface area contributed by atoms with Gasteiger partial charge in [0.15, 0.2) is 0 Å². The van der Waals surface area contributed by atoms with Crippen LogP contribution in [-0.2, 0) is 9.53 Å². The van der Waals surface area contributed by atoms with Crippen molar-refractivity contribution in [3.05, 3.63) is 0 Å². The molecule has 2 nitrogen and oxygen atoms in total. The first-order valence-electron chi connectivity index (χ1n) is 5.87. The van der Waals surface area contributed by atoms with Crippen LogP contribution in [0.3, 0.4) is 0 Å². The monoisotopic (exact) mass is 147 g/mol. The highest BCUT2D eigenvalue weighted by Crippen LogP contribution is 2.21. The second kappa shape index (κ2) is 3.04. The number of ether oxygens (including phenoxy) is 1. The van der Waals surface area contributed by atoms with Crippen LogP contribution in [0.15, 0.2) is 0 Å². The molecule has 0 saturated carbocycles. The van der Waals surface area contributed by atoms with E-state index < -0.39 is 25.1 Å². The average Bonchev–Trinajstić information content (AvgIpc) is 2.00. The average molecular weight is 147 g/mol. The summed E-state index contributed by atoms with van der Waals surface area (Å²) in [5, 5.41) is 0. The van der Waals surface area contributed by atoms with Gasteiger partial charge in [-0.2, -0.15) is 0 Å². The van der Waals surface area contributed by atoms with E-state index in [4.69, 9.17) is 11.6 Å².